The second kappa shape index (κ2) is 12.1. The zero-order valence-corrected chi connectivity index (χ0v) is 24.1. The number of nitrogens with one attached hydrogen (secondary N) is 1. The number of nitrogens with zero attached hydrogens (tertiary/aromatic N) is 3. The van der Waals surface area contributed by atoms with Crippen LogP contribution in [0, 0.1) is 13.8 Å². The van der Waals surface area contributed by atoms with Crippen molar-refractivity contribution in [2.24, 2.45) is 5.10 Å². The quantitative estimate of drug-likeness (QED) is 0.185. The van der Waals surface area contributed by atoms with E-state index in [1.54, 1.807) is 36.4 Å². The topological polar surface area (TPSA) is 83.8 Å². The Morgan fingerprint density at radius 2 is 1.69 bits per heavy atom. The Balaban J connectivity index is 1.56. The number of aryl methyl sites for hydroxylation is 2. The number of hydrogen-bond acceptors (Lipinski definition) is 4. The molecule has 0 aliphatic heterocycles. The van der Waals surface area contributed by atoms with Crippen molar-refractivity contribution in [1.82, 2.24) is 9.99 Å². The van der Waals surface area contributed by atoms with E-state index in [2.05, 4.69) is 10.5 Å². The van der Waals surface area contributed by atoms with Crippen LogP contribution in [0.15, 0.2) is 88.9 Å². The lowest BCUT2D eigenvalue weighted by atomic mass is 10.1. The first kappa shape index (κ1) is 28.4. The molecule has 1 amide bonds. The lowest BCUT2D eigenvalue weighted by molar-refractivity contribution is -0.119. The van der Waals surface area contributed by atoms with Gasteiger partial charge in [-0.25, -0.2) is 13.8 Å². The Bertz CT molecular complexity index is 1620. The van der Waals surface area contributed by atoms with Crippen LogP contribution in [0.1, 0.15) is 29.4 Å². The molecule has 1 aromatic heterocycles. The SMILES string of the molecule is CCc1ccc(N(CC(=O)N/N=C\c2cc(C)n(-c3cccc(Cl)c3Cl)c2C)S(=O)(=O)c2ccccc2)cc1. The van der Waals surface area contributed by atoms with Crippen molar-refractivity contribution in [2.45, 2.75) is 32.1 Å². The number of hydrogen-bond donors (Lipinski definition) is 1. The molecule has 4 aromatic rings. The summed E-state index contributed by atoms with van der Waals surface area (Å²) in [6.45, 7) is 5.40. The van der Waals surface area contributed by atoms with E-state index in [1.165, 1.54) is 18.3 Å². The van der Waals surface area contributed by atoms with Gasteiger partial charge in [0, 0.05) is 17.0 Å². The number of carbonyl (C=O) groups is 1. The summed E-state index contributed by atoms with van der Waals surface area (Å²) in [6, 6.07) is 22.4. The average molecular weight is 584 g/mol. The maximum atomic E-state index is 13.5. The van der Waals surface area contributed by atoms with Crippen molar-refractivity contribution < 1.29 is 13.2 Å². The Labute approximate surface area is 238 Å². The highest BCUT2D eigenvalue weighted by Gasteiger charge is 2.27. The number of benzene rings is 3. The minimum absolute atomic E-state index is 0.0907. The highest BCUT2D eigenvalue weighted by atomic mass is 35.5. The number of rotatable bonds is 9. The van der Waals surface area contributed by atoms with Gasteiger partial charge in [-0.05, 0) is 68.3 Å². The fraction of sp³-hybridized carbons (Fsp3) is 0.172. The van der Waals surface area contributed by atoms with Crippen LogP contribution in [0.5, 0.6) is 0 Å². The van der Waals surface area contributed by atoms with Crippen LogP contribution >= 0.6 is 23.2 Å². The number of amides is 1. The number of sulfonamides is 1. The van der Waals surface area contributed by atoms with E-state index in [1.807, 2.05) is 55.7 Å². The summed E-state index contributed by atoms with van der Waals surface area (Å²) in [6.07, 6.45) is 2.33. The number of hydrazone groups is 1. The molecule has 1 heterocycles. The van der Waals surface area contributed by atoms with Gasteiger partial charge in [0.1, 0.15) is 6.54 Å². The van der Waals surface area contributed by atoms with Gasteiger partial charge < -0.3 is 4.57 Å². The van der Waals surface area contributed by atoms with Crippen molar-refractivity contribution in [3.8, 4) is 5.69 Å². The minimum atomic E-state index is -4.00. The predicted molar refractivity (Wildman–Crippen MR) is 158 cm³/mol. The lowest BCUT2D eigenvalue weighted by Crippen LogP contribution is -2.39. The summed E-state index contributed by atoms with van der Waals surface area (Å²) < 4.78 is 30.0. The molecular weight excluding hydrogens is 555 g/mol. The summed E-state index contributed by atoms with van der Waals surface area (Å²) in [5, 5.41) is 4.98. The molecule has 0 bridgehead atoms. The van der Waals surface area contributed by atoms with Gasteiger partial charge in [-0.2, -0.15) is 5.10 Å². The smallest absolute Gasteiger partial charge is 0.264 e. The van der Waals surface area contributed by atoms with Crippen LogP contribution in [0.3, 0.4) is 0 Å². The van der Waals surface area contributed by atoms with E-state index in [4.69, 9.17) is 23.2 Å². The number of anilines is 1. The second-order valence-electron chi connectivity index (χ2n) is 8.87. The van der Waals surface area contributed by atoms with Crippen molar-refractivity contribution in [3.05, 3.63) is 111 Å². The second-order valence-corrected chi connectivity index (χ2v) is 11.5. The van der Waals surface area contributed by atoms with Crippen molar-refractivity contribution in [3.63, 3.8) is 0 Å². The van der Waals surface area contributed by atoms with Crippen LogP contribution in [0.4, 0.5) is 5.69 Å². The number of aromatic nitrogens is 1. The molecule has 0 aliphatic rings. The molecule has 0 atom stereocenters. The molecule has 10 heteroatoms. The molecule has 0 fully saturated rings. The number of halogens is 2. The van der Waals surface area contributed by atoms with Gasteiger partial charge in [0.25, 0.3) is 15.9 Å². The molecular formula is C29H28Cl2N4O3S. The first-order valence-electron chi connectivity index (χ1n) is 12.3. The monoisotopic (exact) mass is 582 g/mol. The summed E-state index contributed by atoms with van der Waals surface area (Å²) >= 11 is 12.6. The third-order valence-corrected chi connectivity index (χ3v) is 8.88. The van der Waals surface area contributed by atoms with E-state index in [0.717, 1.165) is 38.9 Å². The molecule has 0 radical (unpaired) electrons. The Kier molecular flexibility index (Phi) is 8.80. The Morgan fingerprint density at radius 1 is 1.00 bits per heavy atom. The number of carbonyl (C=O) groups excluding carboxylic acids is 1. The molecule has 39 heavy (non-hydrogen) atoms. The first-order valence-corrected chi connectivity index (χ1v) is 14.4. The molecule has 1 N–H and O–H groups in total. The van der Waals surface area contributed by atoms with E-state index in [0.29, 0.717) is 15.7 Å². The molecule has 0 unspecified atom stereocenters. The van der Waals surface area contributed by atoms with E-state index < -0.39 is 22.5 Å². The zero-order chi connectivity index (χ0) is 28.2. The maximum absolute atomic E-state index is 13.5. The van der Waals surface area contributed by atoms with Crippen LogP contribution < -0.4 is 9.73 Å². The highest BCUT2D eigenvalue weighted by molar-refractivity contribution is 7.92. The molecule has 7 nitrogen and oxygen atoms in total. The van der Waals surface area contributed by atoms with Gasteiger partial charge in [-0.15, -0.1) is 0 Å². The van der Waals surface area contributed by atoms with Gasteiger partial charge >= 0.3 is 0 Å². The molecule has 4 rings (SSSR count). The van der Waals surface area contributed by atoms with E-state index in [-0.39, 0.29) is 4.90 Å². The molecule has 0 spiro atoms. The summed E-state index contributed by atoms with van der Waals surface area (Å²) in [5.41, 5.74) is 7.15. The molecule has 0 saturated carbocycles. The van der Waals surface area contributed by atoms with Crippen molar-refractivity contribution in [2.75, 3.05) is 10.8 Å². The van der Waals surface area contributed by atoms with Crippen LogP contribution in [0.2, 0.25) is 10.0 Å². The average Bonchev–Trinajstić information content (AvgIpc) is 3.21. The van der Waals surface area contributed by atoms with Crippen LogP contribution in [-0.4, -0.2) is 31.7 Å². The minimum Gasteiger partial charge on any atom is -0.316 e. The molecule has 3 aromatic carbocycles. The maximum Gasteiger partial charge on any atom is 0.264 e. The summed E-state index contributed by atoms with van der Waals surface area (Å²) in [7, 11) is -4.00. The zero-order valence-electron chi connectivity index (χ0n) is 21.7. The van der Waals surface area contributed by atoms with Crippen molar-refractivity contribution >= 4 is 51.0 Å². The largest absolute Gasteiger partial charge is 0.316 e. The van der Waals surface area contributed by atoms with Crippen molar-refractivity contribution in [1.29, 1.82) is 0 Å². The Hall–Kier alpha value is -3.59. The van der Waals surface area contributed by atoms with E-state index in [9.17, 15) is 13.2 Å². The predicted octanol–water partition coefficient (Wildman–Crippen LogP) is 6.31. The fourth-order valence-corrected chi connectivity index (χ4v) is 6.05. The van der Waals surface area contributed by atoms with Gasteiger partial charge in [-0.1, -0.05) is 66.5 Å². The third-order valence-electron chi connectivity index (χ3n) is 6.29. The standard InChI is InChI=1S/C29H28Cl2N4O3S/c1-4-22-13-15-24(16-14-22)34(39(37,38)25-9-6-5-7-10-25)19-28(36)33-32-18-23-17-20(2)35(21(23)3)27-12-8-11-26(30)29(27)31/h5-18H,4,19H2,1-3H3,(H,33,36)/b32-18-. The van der Waals surface area contributed by atoms with Gasteiger partial charge in [-0.3, -0.25) is 9.10 Å². The van der Waals surface area contributed by atoms with Gasteiger partial charge in [0.05, 0.1) is 32.5 Å². The molecule has 0 saturated heterocycles. The highest BCUT2D eigenvalue weighted by Crippen LogP contribution is 2.31. The van der Waals surface area contributed by atoms with Gasteiger partial charge in [0.2, 0.25) is 0 Å². The van der Waals surface area contributed by atoms with Crippen LogP contribution in [-0.2, 0) is 21.2 Å². The molecule has 0 aliphatic carbocycles. The third kappa shape index (κ3) is 6.19. The van der Waals surface area contributed by atoms with Crippen LogP contribution in [0.25, 0.3) is 5.69 Å². The normalized spacial score (nSPS) is 11.6. The summed E-state index contributed by atoms with van der Waals surface area (Å²) in [5.74, 6) is -0.586. The molecule has 202 valence electrons. The van der Waals surface area contributed by atoms with E-state index >= 15 is 0 Å². The van der Waals surface area contributed by atoms with Gasteiger partial charge in [0.15, 0.2) is 0 Å². The Morgan fingerprint density at radius 3 is 2.36 bits per heavy atom. The lowest BCUT2D eigenvalue weighted by Gasteiger charge is -2.24. The summed E-state index contributed by atoms with van der Waals surface area (Å²) in [4.78, 5) is 13.0. The first-order chi connectivity index (χ1) is 18.6. The fourth-order valence-electron chi connectivity index (χ4n) is 4.23.